The van der Waals surface area contributed by atoms with Gasteiger partial charge in [0.25, 0.3) is 0 Å². The van der Waals surface area contributed by atoms with Crippen LogP contribution in [0.5, 0.6) is 0 Å². The van der Waals surface area contributed by atoms with Crippen molar-refractivity contribution in [3.63, 3.8) is 0 Å². The molecule has 1 aromatic heterocycles. The SMILES string of the molecule is CCCOCCc1nnc(C(NC)c2ccccc2)s1. The van der Waals surface area contributed by atoms with Gasteiger partial charge in [-0.25, -0.2) is 0 Å². The minimum Gasteiger partial charge on any atom is -0.381 e. The number of nitrogens with zero attached hydrogens (tertiary/aromatic N) is 2. The lowest BCUT2D eigenvalue weighted by Crippen LogP contribution is -2.17. The Bertz CT molecular complexity index is 501. The fourth-order valence-electron chi connectivity index (χ4n) is 1.97. The molecule has 1 aromatic carbocycles. The summed E-state index contributed by atoms with van der Waals surface area (Å²) >= 11 is 1.65. The molecular formula is C15H21N3OS. The van der Waals surface area contributed by atoms with E-state index in [1.165, 1.54) is 5.56 Å². The van der Waals surface area contributed by atoms with E-state index in [1.807, 2.05) is 25.2 Å². The molecule has 0 bridgehead atoms. The maximum absolute atomic E-state index is 5.49. The Morgan fingerprint density at radius 1 is 1.20 bits per heavy atom. The second-order valence-corrected chi connectivity index (χ2v) is 5.62. The number of aromatic nitrogens is 2. The molecule has 2 rings (SSSR count). The molecule has 1 atom stereocenters. The minimum absolute atomic E-state index is 0.110. The van der Waals surface area contributed by atoms with Crippen molar-refractivity contribution in [3.8, 4) is 0 Å². The van der Waals surface area contributed by atoms with Gasteiger partial charge in [-0.3, -0.25) is 0 Å². The largest absolute Gasteiger partial charge is 0.381 e. The average molecular weight is 291 g/mol. The van der Waals surface area contributed by atoms with E-state index in [9.17, 15) is 0 Å². The Morgan fingerprint density at radius 2 is 2.00 bits per heavy atom. The summed E-state index contributed by atoms with van der Waals surface area (Å²) in [5, 5.41) is 13.9. The first-order valence-corrected chi connectivity index (χ1v) is 7.79. The summed E-state index contributed by atoms with van der Waals surface area (Å²) < 4.78 is 5.49. The molecule has 0 saturated carbocycles. The van der Waals surface area contributed by atoms with Crippen LogP contribution in [-0.2, 0) is 11.2 Å². The van der Waals surface area contributed by atoms with Crippen LogP contribution in [0.4, 0.5) is 0 Å². The molecule has 0 aliphatic carbocycles. The first kappa shape index (κ1) is 15.1. The molecule has 4 nitrogen and oxygen atoms in total. The second-order valence-electron chi connectivity index (χ2n) is 4.53. The molecule has 0 saturated heterocycles. The van der Waals surface area contributed by atoms with Crippen LogP contribution in [0.1, 0.15) is 35.0 Å². The summed E-state index contributed by atoms with van der Waals surface area (Å²) in [6.07, 6.45) is 1.89. The molecule has 1 unspecified atom stereocenters. The highest BCUT2D eigenvalue weighted by atomic mass is 32.1. The third-order valence-electron chi connectivity index (χ3n) is 2.96. The van der Waals surface area contributed by atoms with E-state index >= 15 is 0 Å². The Balaban J connectivity index is 1.99. The fraction of sp³-hybridized carbons (Fsp3) is 0.467. The van der Waals surface area contributed by atoms with E-state index in [-0.39, 0.29) is 6.04 Å². The predicted molar refractivity (Wildman–Crippen MR) is 82.1 cm³/mol. The molecule has 0 fully saturated rings. The zero-order valence-electron chi connectivity index (χ0n) is 12.0. The van der Waals surface area contributed by atoms with Crippen LogP contribution in [0.3, 0.4) is 0 Å². The highest BCUT2D eigenvalue weighted by Crippen LogP contribution is 2.24. The number of nitrogens with one attached hydrogen (secondary N) is 1. The lowest BCUT2D eigenvalue weighted by molar-refractivity contribution is 0.138. The molecule has 0 radical (unpaired) electrons. The quantitative estimate of drug-likeness (QED) is 0.760. The lowest BCUT2D eigenvalue weighted by atomic mass is 10.1. The standard InChI is InChI=1S/C15H21N3OS/c1-3-10-19-11-9-13-17-18-15(20-13)14(16-2)12-7-5-4-6-8-12/h4-8,14,16H,3,9-11H2,1-2H3. The van der Waals surface area contributed by atoms with Gasteiger partial charge in [0.1, 0.15) is 10.0 Å². The molecule has 0 aliphatic rings. The van der Waals surface area contributed by atoms with Crippen molar-refractivity contribution in [2.24, 2.45) is 0 Å². The Labute approximate surface area is 124 Å². The molecule has 1 N–H and O–H groups in total. The Morgan fingerprint density at radius 3 is 2.70 bits per heavy atom. The van der Waals surface area contributed by atoms with Crippen LogP contribution in [0.2, 0.25) is 0 Å². The molecule has 5 heteroatoms. The maximum Gasteiger partial charge on any atom is 0.139 e. The van der Waals surface area contributed by atoms with E-state index in [0.717, 1.165) is 36.1 Å². The summed E-state index contributed by atoms with van der Waals surface area (Å²) in [5.41, 5.74) is 1.21. The average Bonchev–Trinajstić information content (AvgIpc) is 2.94. The first-order chi connectivity index (χ1) is 9.85. The monoisotopic (exact) mass is 291 g/mol. The van der Waals surface area contributed by atoms with Crippen molar-refractivity contribution >= 4 is 11.3 Å². The van der Waals surface area contributed by atoms with Crippen LogP contribution in [0, 0.1) is 0 Å². The topological polar surface area (TPSA) is 47.0 Å². The number of hydrogen-bond donors (Lipinski definition) is 1. The van der Waals surface area contributed by atoms with Crippen molar-refractivity contribution in [1.29, 1.82) is 0 Å². The molecule has 0 aliphatic heterocycles. The minimum atomic E-state index is 0.110. The normalized spacial score (nSPS) is 12.5. The third kappa shape index (κ3) is 4.10. The van der Waals surface area contributed by atoms with E-state index in [1.54, 1.807) is 11.3 Å². The maximum atomic E-state index is 5.49. The first-order valence-electron chi connectivity index (χ1n) is 6.97. The van der Waals surface area contributed by atoms with Crippen molar-refractivity contribution < 1.29 is 4.74 Å². The highest BCUT2D eigenvalue weighted by Gasteiger charge is 2.16. The smallest absolute Gasteiger partial charge is 0.139 e. The van der Waals surface area contributed by atoms with Gasteiger partial charge in [0.05, 0.1) is 12.6 Å². The number of hydrogen-bond acceptors (Lipinski definition) is 5. The molecule has 0 amide bonds. The summed E-state index contributed by atoms with van der Waals surface area (Å²) in [5.74, 6) is 0. The van der Waals surface area contributed by atoms with Gasteiger partial charge in [-0.2, -0.15) is 0 Å². The molecular weight excluding hydrogens is 270 g/mol. The zero-order valence-corrected chi connectivity index (χ0v) is 12.8. The molecule has 0 spiro atoms. The van der Waals surface area contributed by atoms with Gasteiger partial charge < -0.3 is 10.1 Å². The summed E-state index contributed by atoms with van der Waals surface area (Å²) in [7, 11) is 1.95. The van der Waals surface area contributed by atoms with Gasteiger partial charge in [0.15, 0.2) is 0 Å². The van der Waals surface area contributed by atoms with Gasteiger partial charge in [-0.05, 0) is 19.0 Å². The predicted octanol–water partition coefficient (Wildman–Crippen LogP) is 2.82. The highest BCUT2D eigenvalue weighted by molar-refractivity contribution is 7.11. The van der Waals surface area contributed by atoms with Crippen molar-refractivity contribution in [2.45, 2.75) is 25.8 Å². The van der Waals surface area contributed by atoms with Crippen molar-refractivity contribution in [3.05, 3.63) is 45.9 Å². The van der Waals surface area contributed by atoms with E-state index < -0.39 is 0 Å². The van der Waals surface area contributed by atoms with E-state index in [2.05, 4.69) is 34.6 Å². The van der Waals surface area contributed by atoms with Gasteiger partial charge in [0.2, 0.25) is 0 Å². The third-order valence-corrected chi connectivity index (χ3v) is 4.01. The molecule has 2 aromatic rings. The van der Waals surface area contributed by atoms with Crippen LogP contribution in [-0.4, -0.2) is 30.5 Å². The van der Waals surface area contributed by atoms with Crippen LogP contribution < -0.4 is 5.32 Å². The van der Waals surface area contributed by atoms with Gasteiger partial charge in [-0.15, -0.1) is 10.2 Å². The lowest BCUT2D eigenvalue weighted by Gasteiger charge is -2.12. The summed E-state index contributed by atoms with van der Waals surface area (Å²) in [6.45, 7) is 3.65. The fourth-order valence-corrected chi connectivity index (χ4v) is 2.93. The van der Waals surface area contributed by atoms with Gasteiger partial charge in [-0.1, -0.05) is 48.6 Å². The van der Waals surface area contributed by atoms with E-state index in [4.69, 9.17) is 4.74 Å². The van der Waals surface area contributed by atoms with Gasteiger partial charge >= 0.3 is 0 Å². The number of benzene rings is 1. The van der Waals surface area contributed by atoms with Crippen LogP contribution in [0.25, 0.3) is 0 Å². The summed E-state index contributed by atoms with van der Waals surface area (Å²) in [4.78, 5) is 0. The number of ether oxygens (including phenoxy) is 1. The van der Waals surface area contributed by atoms with Crippen LogP contribution in [0.15, 0.2) is 30.3 Å². The Kier molecular flexibility index (Phi) is 6.11. The van der Waals surface area contributed by atoms with Crippen molar-refractivity contribution in [1.82, 2.24) is 15.5 Å². The van der Waals surface area contributed by atoms with Crippen molar-refractivity contribution in [2.75, 3.05) is 20.3 Å². The second kappa shape index (κ2) is 8.09. The summed E-state index contributed by atoms with van der Waals surface area (Å²) in [6, 6.07) is 10.4. The molecule has 108 valence electrons. The molecule has 1 heterocycles. The number of rotatable bonds is 8. The Hall–Kier alpha value is -1.30. The molecule has 20 heavy (non-hydrogen) atoms. The van der Waals surface area contributed by atoms with Gasteiger partial charge in [0, 0.05) is 13.0 Å². The van der Waals surface area contributed by atoms with Crippen LogP contribution >= 0.6 is 11.3 Å². The van der Waals surface area contributed by atoms with E-state index in [0.29, 0.717) is 0 Å². The zero-order chi connectivity index (χ0) is 14.2.